The van der Waals surface area contributed by atoms with Crippen LogP contribution in [0.4, 0.5) is 15.8 Å². The lowest BCUT2D eigenvalue weighted by molar-refractivity contribution is -0.132. The van der Waals surface area contributed by atoms with Crippen molar-refractivity contribution < 1.29 is 9.18 Å². The lowest BCUT2D eigenvalue weighted by Crippen LogP contribution is -2.76. The van der Waals surface area contributed by atoms with Gasteiger partial charge in [0.15, 0.2) is 0 Å². The van der Waals surface area contributed by atoms with E-state index in [0.717, 1.165) is 45.0 Å². The van der Waals surface area contributed by atoms with Gasteiger partial charge in [-0.15, -0.1) is 0 Å². The third kappa shape index (κ3) is 5.46. The molecule has 0 bridgehead atoms. The summed E-state index contributed by atoms with van der Waals surface area (Å²) in [5, 5.41) is 11.0. The Morgan fingerprint density at radius 1 is 0.941 bits per heavy atom. The van der Waals surface area contributed by atoms with Crippen molar-refractivity contribution in [2.45, 2.75) is 44.2 Å². The van der Waals surface area contributed by atoms with E-state index in [1.165, 1.54) is 31.4 Å². The minimum absolute atomic E-state index is 0.00540. The van der Waals surface area contributed by atoms with Crippen LogP contribution in [-0.2, 0) is 4.79 Å². The second-order valence-electron chi connectivity index (χ2n) is 9.88. The maximum Gasteiger partial charge on any atom is 0.242 e. The van der Waals surface area contributed by atoms with E-state index in [9.17, 15) is 9.18 Å². The summed E-state index contributed by atoms with van der Waals surface area (Å²) < 4.78 is 12.6. The van der Waals surface area contributed by atoms with Crippen molar-refractivity contribution in [3.8, 4) is 0 Å². The van der Waals surface area contributed by atoms with Crippen LogP contribution in [0.25, 0.3) is 0 Å². The van der Waals surface area contributed by atoms with Gasteiger partial charge in [0.25, 0.3) is 0 Å². The first kappa shape index (κ1) is 23.7. The second kappa shape index (κ2) is 11.2. The lowest BCUT2D eigenvalue weighted by atomic mass is 9.91. The van der Waals surface area contributed by atoms with Crippen LogP contribution in [0.15, 0.2) is 24.3 Å². The van der Waals surface area contributed by atoms with E-state index in [0.29, 0.717) is 13.1 Å². The number of rotatable bonds is 6. The highest BCUT2D eigenvalue weighted by molar-refractivity contribution is 5.81. The molecule has 1 aromatic rings. The molecule has 9 nitrogen and oxygen atoms in total. The molecule has 188 valence electrons. The molecule has 5 N–H and O–H groups in total. The van der Waals surface area contributed by atoms with Gasteiger partial charge in [-0.2, -0.15) is 0 Å². The summed E-state index contributed by atoms with van der Waals surface area (Å²) in [7, 11) is 0. The van der Waals surface area contributed by atoms with Crippen LogP contribution < -0.4 is 31.7 Å². The summed E-state index contributed by atoms with van der Waals surface area (Å²) in [4.78, 5) is 19.8. The number of carbonyl (C=O) groups excluding carboxylic acids is 1. The average Bonchev–Trinajstić information content (AvgIpc) is 3.15. The smallest absolute Gasteiger partial charge is 0.242 e. The number of halogens is 1. The number of carbonyl (C=O) groups is 1. The summed E-state index contributed by atoms with van der Waals surface area (Å²) >= 11 is 0. The van der Waals surface area contributed by atoms with Crippen molar-refractivity contribution in [1.29, 1.82) is 0 Å². The average molecular weight is 475 g/mol. The van der Waals surface area contributed by atoms with E-state index in [2.05, 4.69) is 65.8 Å². The third-order valence-electron chi connectivity index (χ3n) is 7.67. The Morgan fingerprint density at radius 2 is 1.68 bits per heavy atom. The molecule has 1 aromatic carbocycles. The van der Waals surface area contributed by atoms with E-state index in [-0.39, 0.29) is 37.0 Å². The normalized spacial score (nSPS) is 31.4. The molecule has 0 aliphatic carbocycles. The minimum Gasteiger partial charge on any atom is -0.369 e. The van der Waals surface area contributed by atoms with Gasteiger partial charge >= 0.3 is 0 Å². The molecular weight excluding hydrogens is 435 g/mol. The Labute approximate surface area is 201 Å². The van der Waals surface area contributed by atoms with E-state index in [1.54, 1.807) is 0 Å². The fraction of sp³-hybridized carbons (Fsp3) is 0.708. The SMILES string of the molecule is O=C1NNCC2NC(N3CCCCCC3)NC(Nc3ccc(N4CCN(CCF)CC4)cc3)C12. The number of hydrogen-bond acceptors (Lipinski definition) is 8. The van der Waals surface area contributed by atoms with Crippen molar-refractivity contribution in [2.75, 3.05) is 69.2 Å². The van der Waals surface area contributed by atoms with Crippen molar-refractivity contribution >= 4 is 17.3 Å². The molecule has 0 spiro atoms. The Morgan fingerprint density at radius 3 is 2.38 bits per heavy atom. The van der Waals surface area contributed by atoms with E-state index in [1.807, 2.05) is 0 Å². The highest BCUT2D eigenvalue weighted by Gasteiger charge is 2.44. The predicted molar refractivity (Wildman–Crippen MR) is 132 cm³/mol. The fourth-order valence-corrected chi connectivity index (χ4v) is 5.70. The van der Waals surface area contributed by atoms with Gasteiger partial charge in [0.2, 0.25) is 5.91 Å². The molecule has 5 rings (SSSR count). The number of amides is 1. The molecule has 4 atom stereocenters. The molecule has 4 aliphatic heterocycles. The first-order chi connectivity index (χ1) is 16.7. The third-order valence-corrected chi connectivity index (χ3v) is 7.67. The maximum atomic E-state index is 12.8. The van der Waals surface area contributed by atoms with E-state index < -0.39 is 0 Å². The van der Waals surface area contributed by atoms with Crippen LogP contribution in [-0.4, -0.2) is 93.2 Å². The zero-order valence-electron chi connectivity index (χ0n) is 19.9. The molecule has 10 heteroatoms. The van der Waals surface area contributed by atoms with Gasteiger partial charge in [0.05, 0.1) is 12.1 Å². The van der Waals surface area contributed by atoms with Gasteiger partial charge in [-0.05, 0) is 37.1 Å². The number of fused-ring (bicyclic) bond motifs is 1. The first-order valence-electron chi connectivity index (χ1n) is 12.9. The zero-order chi connectivity index (χ0) is 23.3. The van der Waals surface area contributed by atoms with Crippen molar-refractivity contribution in [2.24, 2.45) is 5.92 Å². The summed E-state index contributed by atoms with van der Waals surface area (Å²) in [6, 6.07) is 8.53. The largest absolute Gasteiger partial charge is 0.369 e. The van der Waals surface area contributed by atoms with Gasteiger partial charge in [-0.1, -0.05) is 12.8 Å². The lowest BCUT2D eigenvalue weighted by Gasteiger charge is -2.48. The van der Waals surface area contributed by atoms with Crippen LogP contribution in [0.1, 0.15) is 25.7 Å². The van der Waals surface area contributed by atoms with Crippen LogP contribution in [0.2, 0.25) is 0 Å². The van der Waals surface area contributed by atoms with Gasteiger partial charge in [0.1, 0.15) is 13.0 Å². The number of benzene rings is 1. The van der Waals surface area contributed by atoms with Crippen molar-refractivity contribution in [1.82, 2.24) is 31.3 Å². The molecular formula is C24H39FN8O. The molecule has 0 saturated carbocycles. The number of piperazine rings is 1. The summed E-state index contributed by atoms with van der Waals surface area (Å²) in [5.41, 5.74) is 8.04. The van der Waals surface area contributed by atoms with E-state index >= 15 is 0 Å². The Hall–Kier alpha value is -1.98. The standard InChI is InChI=1S/C24H39FN8O/c25-9-12-31-13-15-32(16-14-31)19-7-5-18(6-8-19)27-22-21-20(17-26-30-23(21)34)28-24(29-22)33-10-3-1-2-4-11-33/h5-8,20-22,24,26-29H,1-4,9-17H2,(H,30,34). The van der Waals surface area contributed by atoms with Gasteiger partial charge < -0.3 is 10.2 Å². The van der Waals surface area contributed by atoms with Gasteiger partial charge in [0, 0.05) is 69.8 Å². The Kier molecular flexibility index (Phi) is 7.80. The van der Waals surface area contributed by atoms with Gasteiger partial charge in [-0.25, -0.2) is 9.82 Å². The Bertz CT molecular complexity index is 795. The number of hydrogen-bond donors (Lipinski definition) is 5. The zero-order valence-corrected chi connectivity index (χ0v) is 19.9. The number of nitrogens with zero attached hydrogens (tertiary/aromatic N) is 3. The Balaban J connectivity index is 1.25. The summed E-state index contributed by atoms with van der Waals surface area (Å²) in [6.45, 7) is 6.72. The molecule has 34 heavy (non-hydrogen) atoms. The maximum absolute atomic E-state index is 12.8. The fourth-order valence-electron chi connectivity index (χ4n) is 5.70. The minimum atomic E-state index is -0.278. The topological polar surface area (TPSA) is 86.9 Å². The molecule has 0 aromatic heterocycles. The van der Waals surface area contributed by atoms with Crippen LogP contribution in [0.3, 0.4) is 0 Å². The molecule has 0 radical (unpaired) electrons. The van der Waals surface area contributed by atoms with Crippen LogP contribution in [0, 0.1) is 5.92 Å². The number of likely N-dealkylation sites (tertiary alicyclic amines) is 1. The highest BCUT2D eigenvalue weighted by Crippen LogP contribution is 2.25. The number of hydrazine groups is 1. The number of nitrogens with one attached hydrogen (secondary N) is 5. The van der Waals surface area contributed by atoms with Crippen molar-refractivity contribution in [3.63, 3.8) is 0 Å². The molecule has 4 unspecified atom stereocenters. The van der Waals surface area contributed by atoms with Crippen LogP contribution in [0.5, 0.6) is 0 Å². The highest BCUT2D eigenvalue weighted by atomic mass is 19.1. The first-order valence-corrected chi connectivity index (χ1v) is 12.9. The molecule has 4 aliphatic rings. The second-order valence-corrected chi connectivity index (χ2v) is 9.88. The molecule has 4 saturated heterocycles. The molecule has 4 heterocycles. The molecule has 4 fully saturated rings. The van der Waals surface area contributed by atoms with Crippen LogP contribution >= 0.6 is 0 Å². The number of alkyl halides is 1. The van der Waals surface area contributed by atoms with Gasteiger partial charge in [-0.3, -0.25) is 30.7 Å². The number of anilines is 2. The molecule has 1 amide bonds. The quantitative estimate of drug-likeness (QED) is 0.407. The summed E-state index contributed by atoms with van der Waals surface area (Å²) in [5.74, 6) is -0.210. The van der Waals surface area contributed by atoms with E-state index in [4.69, 9.17) is 0 Å². The van der Waals surface area contributed by atoms with Crippen molar-refractivity contribution in [3.05, 3.63) is 24.3 Å². The monoisotopic (exact) mass is 474 g/mol. The predicted octanol–water partition coefficient (Wildman–Crippen LogP) is 0.488. The summed E-state index contributed by atoms with van der Waals surface area (Å²) in [6.07, 6.45) is 4.89.